The van der Waals surface area contributed by atoms with Crippen LogP contribution in [0.3, 0.4) is 0 Å². The summed E-state index contributed by atoms with van der Waals surface area (Å²) in [7, 11) is -2.19. The van der Waals surface area contributed by atoms with E-state index in [1.807, 2.05) is 0 Å². The van der Waals surface area contributed by atoms with Crippen LogP contribution >= 0.6 is 0 Å². The van der Waals surface area contributed by atoms with Crippen LogP contribution in [0.2, 0.25) is 0 Å². The zero-order valence-corrected chi connectivity index (χ0v) is 11.0. The van der Waals surface area contributed by atoms with Gasteiger partial charge in [-0.2, -0.15) is 4.31 Å². The Labute approximate surface area is 105 Å². The molecule has 0 aliphatic rings. The summed E-state index contributed by atoms with van der Waals surface area (Å²) in [6.45, 7) is 2.50. The Hall–Kier alpha value is -1.38. The van der Waals surface area contributed by atoms with E-state index >= 15 is 0 Å². The van der Waals surface area contributed by atoms with Crippen LogP contribution in [0.4, 0.5) is 0 Å². The fraction of sp³-hybridized carbons (Fsp3) is 0.500. The molecule has 0 unspecified atom stereocenters. The lowest BCUT2D eigenvalue weighted by molar-refractivity contribution is 0.0691. The number of carboxylic acid groups (broad SMARTS) is 1. The molecule has 0 aromatic carbocycles. The molecule has 0 amide bonds. The first-order valence-electron chi connectivity index (χ1n) is 5.34. The number of nitrogens with zero attached hydrogens (tertiary/aromatic N) is 1. The summed E-state index contributed by atoms with van der Waals surface area (Å²) in [6.07, 6.45) is 1.17. The van der Waals surface area contributed by atoms with E-state index in [9.17, 15) is 13.2 Å². The maximum Gasteiger partial charge on any atom is 0.352 e. The lowest BCUT2D eigenvalue weighted by Crippen LogP contribution is -2.33. The Bertz CT molecular complexity index is 508. The van der Waals surface area contributed by atoms with Crippen molar-refractivity contribution in [1.29, 1.82) is 0 Å². The van der Waals surface area contributed by atoms with E-state index in [-0.39, 0.29) is 23.7 Å². The monoisotopic (exact) mass is 276 g/mol. The quantitative estimate of drug-likeness (QED) is 0.749. The Kier molecular flexibility index (Phi) is 4.88. The second kappa shape index (κ2) is 5.98. The molecule has 0 aliphatic heterocycles. The molecule has 1 rings (SSSR count). The van der Waals surface area contributed by atoms with Crippen molar-refractivity contribution in [2.45, 2.75) is 11.8 Å². The van der Waals surface area contributed by atoms with Gasteiger partial charge in [-0.15, -0.1) is 0 Å². The number of likely N-dealkylation sites (N-methyl/N-ethyl adjacent to an activating group) is 1. The Balaban J connectivity index is 2.99. The molecule has 7 nitrogen and oxygen atoms in total. The van der Waals surface area contributed by atoms with Crippen LogP contribution in [-0.4, -0.2) is 55.6 Å². The third kappa shape index (κ3) is 3.09. The zero-order valence-electron chi connectivity index (χ0n) is 10.2. The van der Waals surface area contributed by atoms with Gasteiger partial charge in [-0.25, -0.2) is 13.2 Å². The number of aromatic amines is 1. The van der Waals surface area contributed by atoms with E-state index in [1.165, 1.54) is 17.6 Å². The van der Waals surface area contributed by atoms with E-state index in [1.54, 1.807) is 6.92 Å². The van der Waals surface area contributed by atoms with Gasteiger partial charge in [-0.05, 0) is 6.07 Å². The van der Waals surface area contributed by atoms with Gasteiger partial charge in [-0.1, -0.05) is 6.92 Å². The molecule has 1 heterocycles. The van der Waals surface area contributed by atoms with Crippen molar-refractivity contribution in [2.24, 2.45) is 0 Å². The van der Waals surface area contributed by atoms with Crippen LogP contribution in [0.25, 0.3) is 0 Å². The fourth-order valence-electron chi connectivity index (χ4n) is 1.44. The molecular formula is C10H16N2O5S. The molecule has 0 aliphatic carbocycles. The molecule has 2 N–H and O–H groups in total. The van der Waals surface area contributed by atoms with Crippen LogP contribution in [-0.2, 0) is 14.8 Å². The molecule has 18 heavy (non-hydrogen) atoms. The van der Waals surface area contributed by atoms with Gasteiger partial charge in [0.25, 0.3) is 0 Å². The highest BCUT2D eigenvalue weighted by molar-refractivity contribution is 7.89. The second-order valence-corrected chi connectivity index (χ2v) is 5.48. The van der Waals surface area contributed by atoms with Gasteiger partial charge in [0, 0.05) is 26.4 Å². The van der Waals surface area contributed by atoms with Crippen LogP contribution < -0.4 is 0 Å². The standard InChI is InChI=1S/C10H16N2O5S/c1-3-12(4-5-17-2)18(15,16)8-6-9(10(13)14)11-7-8/h6-7,11H,3-5H2,1-2H3,(H,13,14). The van der Waals surface area contributed by atoms with Crippen molar-refractivity contribution in [3.63, 3.8) is 0 Å². The number of aromatic carboxylic acids is 1. The molecule has 1 aromatic heterocycles. The number of aromatic nitrogens is 1. The maximum atomic E-state index is 12.2. The highest BCUT2D eigenvalue weighted by atomic mass is 32.2. The van der Waals surface area contributed by atoms with E-state index in [0.29, 0.717) is 6.54 Å². The van der Waals surface area contributed by atoms with Crippen LogP contribution in [0.5, 0.6) is 0 Å². The SMILES string of the molecule is CCN(CCOC)S(=O)(=O)c1c[nH]c(C(=O)O)c1. The number of nitrogens with one attached hydrogen (secondary N) is 1. The maximum absolute atomic E-state index is 12.2. The van der Waals surface area contributed by atoms with Crippen molar-refractivity contribution in [3.8, 4) is 0 Å². The van der Waals surface area contributed by atoms with E-state index < -0.39 is 16.0 Å². The van der Waals surface area contributed by atoms with Crippen molar-refractivity contribution in [3.05, 3.63) is 18.0 Å². The lowest BCUT2D eigenvalue weighted by Gasteiger charge is -2.18. The minimum Gasteiger partial charge on any atom is -0.477 e. The molecule has 1 aromatic rings. The average molecular weight is 276 g/mol. The molecule has 0 bridgehead atoms. The van der Waals surface area contributed by atoms with Crippen molar-refractivity contribution >= 4 is 16.0 Å². The van der Waals surface area contributed by atoms with Gasteiger partial charge in [0.2, 0.25) is 10.0 Å². The number of carbonyl (C=O) groups is 1. The van der Waals surface area contributed by atoms with Crippen molar-refractivity contribution < 1.29 is 23.1 Å². The average Bonchev–Trinajstić information content (AvgIpc) is 2.79. The Morgan fingerprint density at radius 3 is 2.67 bits per heavy atom. The smallest absolute Gasteiger partial charge is 0.352 e. The summed E-state index contributed by atoms with van der Waals surface area (Å²) in [6, 6.07) is 1.10. The Morgan fingerprint density at radius 2 is 2.22 bits per heavy atom. The molecule has 0 atom stereocenters. The minimum absolute atomic E-state index is 0.0575. The van der Waals surface area contributed by atoms with E-state index in [0.717, 1.165) is 6.07 Å². The number of H-pyrrole nitrogens is 1. The molecular weight excluding hydrogens is 260 g/mol. The van der Waals surface area contributed by atoms with Gasteiger partial charge >= 0.3 is 5.97 Å². The van der Waals surface area contributed by atoms with Crippen LogP contribution in [0.15, 0.2) is 17.2 Å². The molecule has 0 spiro atoms. The summed E-state index contributed by atoms with van der Waals surface area (Å²) >= 11 is 0. The topological polar surface area (TPSA) is 99.7 Å². The normalized spacial score (nSPS) is 11.9. The van der Waals surface area contributed by atoms with Crippen molar-refractivity contribution in [2.75, 3.05) is 26.8 Å². The first-order chi connectivity index (χ1) is 8.43. The van der Waals surface area contributed by atoms with Gasteiger partial charge < -0.3 is 14.8 Å². The van der Waals surface area contributed by atoms with E-state index in [4.69, 9.17) is 9.84 Å². The molecule has 0 radical (unpaired) electrons. The second-order valence-electron chi connectivity index (χ2n) is 3.54. The number of hydrogen-bond acceptors (Lipinski definition) is 4. The Morgan fingerprint density at radius 1 is 1.56 bits per heavy atom. The van der Waals surface area contributed by atoms with Crippen molar-refractivity contribution in [1.82, 2.24) is 9.29 Å². The highest BCUT2D eigenvalue weighted by Gasteiger charge is 2.24. The van der Waals surface area contributed by atoms with Gasteiger partial charge in [0.15, 0.2) is 0 Å². The summed E-state index contributed by atoms with van der Waals surface area (Å²) in [5.74, 6) is -1.20. The van der Waals surface area contributed by atoms with Gasteiger partial charge in [-0.3, -0.25) is 0 Å². The first kappa shape index (κ1) is 14.7. The van der Waals surface area contributed by atoms with Gasteiger partial charge in [0.1, 0.15) is 10.6 Å². The number of carboxylic acids is 1. The summed E-state index contributed by atoms with van der Waals surface area (Å²) in [5, 5.41) is 8.74. The molecule has 102 valence electrons. The summed E-state index contributed by atoms with van der Waals surface area (Å²) < 4.78 is 30.4. The number of rotatable bonds is 7. The first-order valence-corrected chi connectivity index (χ1v) is 6.78. The summed E-state index contributed by atoms with van der Waals surface area (Å²) in [4.78, 5) is 13.0. The minimum atomic E-state index is -3.68. The number of sulfonamides is 1. The molecule has 8 heteroatoms. The number of methoxy groups -OCH3 is 1. The number of hydrogen-bond donors (Lipinski definition) is 2. The predicted octanol–water partition coefficient (Wildman–Crippen LogP) is 0.370. The largest absolute Gasteiger partial charge is 0.477 e. The molecule has 0 saturated carbocycles. The van der Waals surface area contributed by atoms with Gasteiger partial charge in [0.05, 0.1) is 6.61 Å². The third-order valence-corrected chi connectivity index (χ3v) is 4.37. The lowest BCUT2D eigenvalue weighted by atomic mass is 10.4. The van der Waals surface area contributed by atoms with Crippen LogP contribution in [0, 0.1) is 0 Å². The van der Waals surface area contributed by atoms with E-state index in [2.05, 4.69) is 4.98 Å². The highest BCUT2D eigenvalue weighted by Crippen LogP contribution is 2.16. The molecule has 0 saturated heterocycles. The van der Waals surface area contributed by atoms with Crippen LogP contribution in [0.1, 0.15) is 17.4 Å². The molecule has 0 fully saturated rings. The fourth-order valence-corrected chi connectivity index (χ4v) is 2.86. The summed E-state index contributed by atoms with van der Waals surface area (Å²) in [5.41, 5.74) is -0.156. The predicted molar refractivity (Wildman–Crippen MR) is 64.1 cm³/mol. The number of ether oxygens (including phenoxy) is 1. The zero-order chi connectivity index (χ0) is 13.8. The third-order valence-electron chi connectivity index (χ3n) is 2.42.